The Labute approximate surface area is 237 Å². The van der Waals surface area contributed by atoms with Crippen LogP contribution in [0.2, 0.25) is 0 Å². The van der Waals surface area contributed by atoms with Gasteiger partial charge in [-0.3, -0.25) is 4.79 Å². The van der Waals surface area contributed by atoms with Crippen molar-refractivity contribution in [2.75, 3.05) is 19.8 Å². The first-order chi connectivity index (χ1) is 19.6. The summed E-state index contributed by atoms with van der Waals surface area (Å²) in [5.41, 5.74) is -1.40. The number of hydrogen-bond donors (Lipinski definition) is 1. The Morgan fingerprint density at radius 1 is 1.00 bits per heavy atom. The van der Waals surface area contributed by atoms with Crippen molar-refractivity contribution in [1.29, 1.82) is 0 Å². The van der Waals surface area contributed by atoms with E-state index in [1.807, 2.05) is 0 Å². The Bertz CT molecular complexity index is 1340. The zero-order valence-electron chi connectivity index (χ0n) is 22.8. The fraction of sp³-hybridized carbons (Fsp3) is 0.500. The SMILES string of the molecule is Cc1cc(F)ccc1[C@H]1[C@@H]2C(O)N(C3=CC(=O)COC3)C[C@H]2CC[C@@H]1O[C@H](C)c1cc(C(F)(F)F)cc(C(F)(F)F)c1. The van der Waals surface area contributed by atoms with Crippen LogP contribution in [0, 0.1) is 24.6 Å². The number of likely N-dealkylation sites (tertiary alicyclic amines) is 1. The van der Waals surface area contributed by atoms with E-state index < -0.39 is 59.6 Å². The van der Waals surface area contributed by atoms with Crippen LogP contribution in [0.3, 0.4) is 0 Å². The van der Waals surface area contributed by atoms with Crippen LogP contribution in [0.5, 0.6) is 0 Å². The van der Waals surface area contributed by atoms with Gasteiger partial charge >= 0.3 is 12.4 Å². The molecule has 0 spiro atoms. The standard InChI is InChI=1S/C30H30F7NO4/c1-15-7-21(31)4-5-24(15)27-25(6-3-17-12-38(28(40)26(17)27)22-11-23(39)14-41-13-22)42-16(2)18-8-19(29(32,33)34)10-20(9-18)30(35,36)37/h4-5,7-11,16-17,25-28,40H,3,6,12-14H2,1-2H3/t16-,17-,25+,26-,27-,28?/m1/s1. The van der Waals surface area contributed by atoms with Gasteiger partial charge in [0.05, 0.1) is 29.9 Å². The molecule has 0 radical (unpaired) electrons. The molecule has 2 aliphatic heterocycles. The Morgan fingerprint density at radius 2 is 1.67 bits per heavy atom. The van der Waals surface area contributed by atoms with Crippen LogP contribution >= 0.6 is 0 Å². The third-order valence-electron chi connectivity index (χ3n) is 8.52. The summed E-state index contributed by atoms with van der Waals surface area (Å²) in [6.45, 7) is 3.58. The van der Waals surface area contributed by atoms with Crippen LogP contribution < -0.4 is 0 Å². The van der Waals surface area contributed by atoms with Crippen LogP contribution in [-0.2, 0) is 26.6 Å². The molecule has 12 heteroatoms. The third-order valence-corrected chi connectivity index (χ3v) is 8.52. The molecule has 0 aromatic heterocycles. The molecule has 6 atom stereocenters. The molecule has 0 amide bonds. The minimum Gasteiger partial charge on any atom is -0.373 e. The predicted octanol–water partition coefficient (Wildman–Crippen LogP) is 6.55. The van der Waals surface area contributed by atoms with Gasteiger partial charge in [0.1, 0.15) is 18.7 Å². The summed E-state index contributed by atoms with van der Waals surface area (Å²) in [4.78, 5) is 13.7. The number of carbonyl (C=O) groups is 1. The van der Waals surface area contributed by atoms with Crippen LogP contribution in [0.4, 0.5) is 30.7 Å². The second-order valence-electron chi connectivity index (χ2n) is 11.3. The average Bonchev–Trinajstić information content (AvgIpc) is 3.24. The van der Waals surface area contributed by atoms with Gasteiger partial charge < -0.3 is 19.5 Å². The summed E-state index contributed by atoms with van der Waals surface area (Å²) in [5, 5.41) is 11.6. The molecule has 1 saturated heterocycles. The molecule has 2 fully saturated rings. The first-order valence-electron chi connectivity index (χ1n) is 13.6. The number of aliphatic hydroxyl groups is 1. The van der Waals surface area contributed by atoms with Gasteiger partial charge in [-0.25, -0.2) is 4.39 Å². The largest absolute Gasteiger partial charge is 0.416 e. The van der Waals surface area contributed by atoms with Crippen molar-refractivity contribution in [3.8, 4) is 0 Å². The quantitative estimate of drug-likeness (QED) is 0.395. The molecule has 2 heterocycles. The number of nitrogens with zero attached hydrogens (tertiary/aromatic N) is 1. The maximum absolute atomic E-state index is 14.1. The highest BCUT2D eigenvalue weighted by atomic mass is 19.4. The van der Waals surface area contributed by atoms with Gasteiger partial charge in [0.15, 0.2) is 5.78 Å². The lowest BCUT2D eigenvalue weighted by Crippen LogP contribution is -2.43. The number of benzene rings is 2. The molecule has 1 saturated carbocycles. The van der Waals surface area contributed by atoms with Gasteiger partial charge in [-0.05, 0) is 79.6 Å². The maximum atomic E-state index is 14.1. The zero-order valence-corrected chi connectivity index (χ0v) is 22.8. The summed E-state index contributed by atoms with van der Waals surface area (Å²) in [6, 6.07) is 5.56. The van der Waals surface area contributed by atoms with E-state index in [-0.39, 0.29) is 36.5 Å². The summed E-state index contributed by atoms with van der Waals surface area (Å²) < 4.78 is 107. The monoisotopic (exact) mass is 601 g/mol. The number of hydrogen-bond acceptors (Lipinski definition) is 5. The molecule has 2 aromatic rings. The fourth-order valence-corrected chi connectivity index (χ4v) is 6.61. The van der Waals surface area contributed by atoms with Gasteiger partial charge in [0, 0.05) is 30.2 Å². The molecule has 1 unspecified atom stereocenters. The highest BCUT2D eigenvalue weighted by Gasteiger charge is 2.52. The summed E-state index contributed by atoms with van der Waals surface area (Å²) in [5.74, 6) is -1.84. The van der Waals surface area contributed by atoms with E-state index in [1.54, 1.807) is 17.9 Å². The molecule has 228 valence electrons. The second kappa shape index (κ2) is 11.3. The van der Waals surface area contributed by atoms with Gasteiger partial charge in [-0.2, -0.15) is 26.3 Å². The lowest BCUT2D eigenvalue weighted by molar-refractivity contribution is -0.143. The number of carbonyl (C=O) groups excluding carboxylic acids is 1. The Hall–Kier alpha value is -2.96. The molecular weight excluding hydrogens is 571 g/mol. The second-order valence-corrected chi connectivity index (χ2v) is 11.3. The van der Waals surface area contributed by atoms with Crippen LogP contribution in [-0.4, -0.2) is 47.9 Å². The van der Waals surface area contributed by atoms with Crippen molar-refractivity contribution >= 4 is 5.78 Å². The molecule has 3 aliphatic rings. The maximum Gasteiger partial charge on any atom is 0.416 e. The zero-order chi connectivity index (χ0) is 30.6. The molecule has 42 heavy (non-hydrogen) atoms. The molecule has 5 rings (SSSR count). The summed E-state index contributed by atoms with van der Waals surface area (Å²) in [7, 11) is 0. The Balaban J connectivity index is 1.51. The number of ether oxygens (including phenoxy) is 2. The minimum absolute atomic E-state index is 0.0584. The topological polar surface area (TPSA) is 59.0 Å². The van der Waals surface area contributed by atoms with E-state index in [2.05, 4.69) is 0 Å². The van der Waals surface area contributed by atoms with E-state index in [4.69, 9.17) is 9.47 Å². The number of alkyl halides is 6. The molecule has 1 aliphatic carbocycles. The summed E-state index contributed by atoms with van der Waals surface area (Å²) >= 11 is 0. The van der Waals surface area contributed by atoms with Gasteiger partial charge in [0.25, 0.3) is 0 Å². The smallest absolute Gasteiger partial charge is 0.373 e. The van der Waals surface area contributed by atoms with Crippen molar-refractivity contribution in [2.45, 2.75) is 63.4 Å². The third kappa shape index (κ3) is 6.07. The normalized spacial score (nSPS) is 27.6. The first-order valence-corrected chi connectivity index (χ1v) is 13.6. The van der Waals surface area contributed by atoms with E-state index in [0.717, 1.165) is 0 Å². The number of halogens is 7. The Kier molecular flexibility index (Phi) is 8.19. The van der Waals surface area contributed by atoms with Gasteiger partial charge in [0.2, 0.25) is 0 Å². The van der Waals surface area contributed by atoms with Crippen molar-refractivity contribution in [3.63, 3.8) is 0 Å². The molecule has 5 nitrogen and oxygen atoms in total. The summed E-state index contributed by atoms with van der Waals surface area (Å²) in [6.07, 6.45) is -10.6. The first kappa shape index (κ1) is 30.5. The van der Waals surface area contributed by atoms with E-state index >= 15 is 0 Å². The fourth-order valence-electron chi connectivity index (χ4n) is 6.61. The Morgan fingerprint density at radius 3 is 2.26 bits per heavy atom. The van der Waals surface area contributed by atoms with Crippen molar-refractivity contribution in [3.05, 3.63) is 81.8 Å². The number of rotatable bonds is 5. The van der Waals surface area contributed by atoms with Gasteiger partial charge in [-0.1, -0.05) is 6.07 Å². The van der Waals surface area contributed by atoms with Crippen molar-refractivity contribution in [1.82, 2.24) is 4.90 Å². The molecule has 2 aromatic carbocycles. The minimum atomic E-state index is -5.00. The number of aryl methyl sites for hydroxylation is 1. The van der Waals surface area contributed by atoms with Crippen LogP contribution in [0.1, 0.15) is 59.6 Å². The van der Waals surface area contributed by atoms with Crippen molar-refractivity contribution in [2.24, 2.45) is 11.8 Å². The van der Waals surface area contributed by atoms with E-state index in [1.165, 1.54) is 25.1 Å². The molecule has 1 N–H and O–H groups in total. The number of fused-ring (bicyclic) bond motifs is 1. The highest BCUT2D eigenvalue weighted by molar-refractivity contribution is 5.92. The van der Waals surface area contributed by atoms with Crippen LogP contribution in [0.25, 0.3) is 0 Å². The number of ketones is 1. The molecular formula is C30H30F7NO4. The highest BCUT2D eigenvalue weighted by Crippen LogP contribution is 2.51. The average molecular weight is 602 g/mol. The van der Waals surface area contributed by atoms with Crippen molar-refractivity contribution < 1.29 is 50.1 Å². The lowest BCUT2D eigenvalue weighted by atomic mass is 9.68. The lowest BCUT2D eigenvalue weighted by Gasteiger charge is -2.42. The van der Waals surface area contributed by atoms with E-state index in [9.17, 15) is 40.6 Å². The number of aliphatic hydroxyl groups excluding tert-OH is 1. The molecule has 0 bridgehead atoms. The van der Waals surface area contributed by atoms with Crippen LogP contribution in [0.15, 0.2) is 48.2 Å². The van der Waals surface area contributed by atoms with E-state index in [0.29, 0.717) is 48.3 Å². The predicted molar refractivity (Wildman–Crippen MR) is 136 cm³/mol. The van der Waals surface area contributed by atoms with Gasteiger partial charge in [-0.15, -0.1) is 0 Å².